The Balaban J connectivity index is 0.00000121. The molecule has 0 saturated heterocycles. The summed E-state index contributed by atoms with van der Waals surface area (Å²) >= 11 is 0. The second kappa shape index (κ2) is 4.69. The molecule has 0 spiro atoms. The minimum atomic E-state index is -1.06. The van der Waals surface area contributed by atoms with E-state index in [4.69, 9.17) is 10.2 Å². The Morgan fingerprint density at radius 1 is 1.50 bits per heavy atom. The van der Waals surface area contributed by atoms with Crippen LogP contribution in [-0.4, -0.2) is 21.2 Å². The second-order valence-corrected chi connectivity index (χ2v) is 2.01. The van der Waals surface area contributed by atoms with Gasteiger partial charge >= 0.3 is 5.97 Å². The Kier molecular flexibility index (Phi) is 4.25. The van der Waals surface area contributed by atoms with Crippen LogP contribution in [0.25, 0.3) is 0 Å². The summed E-state index contributed by atoms with van der Waals surface area (Å²) in [4.78, 5) is 13.9. The van der Waals surface area contributed by atoms with Gasteiger partial charge in [-0.15, -0.1) is 12.4 Å². The van der Waals surface area contributed by atoms with E-state index in [1.54, 1.807) is 0 Å². The molecule has 0 atom stereocenters. The minimum Gasteiger partial charge on any atom is -0.477 e. The molecule has 0 unspecified atom stereocenters. The van der Waals surface area contributed by atoms with Crippen molar-refractivity contribution in [3.05, 3.63) is 29.6 Å². The van der Waals surface area contributed by atoms with Crippen molar-refractivity contribution in [2.45, 2.75) is 6.61 Å². The Labute approximate surface area is 75.3 Å². The fourth-order valence-electron chi connectivity index (χ4n) is 0.645. The fraction of sp³-hybridized carbons (Fsp3) is 0.143. The highest BCUT2D eigenvalue weighted by Crippen LogP contribution is 1.99. The van der Waals surface area contributed by atoms with Crippen LogP contribution in [0.2, 0.25) is 0 Å². The molecule has 5 heteroatoms. The molecule has 66 valence electrons. The van der Waals surface area contributed by atoms with Crippen molar-refractivity contribution in [3.63, 3.8) is 0 Å². The summed E-state index contributed by atoms with van der Waals surface area (Å²) in [6.07, 6.45) is 1.34. The number of pyridine rings is 1. The van der Waals surface area contributed by atoms with Gasteiger partial charge in [0, 0.05) is 6.20 Å². The van der Waals surface area contributed by atoms with Crippen LogP contribution < -0.4 is 0 Å². The number of aliphatic hydroxyl groups excluding tert-OH is 1. The highest BCUT2D eigenvalue weighted by Gasteiger charge is 2.01. The van der Waals surface area contributed by atoms with E-state index in [0.717, 1.165) is 0 Å². The summed E-state index contributed by atoms with van der Waals surface area (Å²) < 4.78 is 0. The van der Waals surface area contributed by atoms with Gasteiger partial charge in [-0.1, -0.05) is 6.07 Å². The normalized spacial score (nSPS) is 8.75. The van der Waals surface area contributed by atoms with E-state index in [1.165, 1.54) is 18.3 Å². The third kappa shape index (κ3) is 2.48. The predicted octanol–water partition coefficient (Wildman–Crippen LogP) is 0.694. The van der Waals surface area contributed by atoms with Gasteiger partial charge in [-0.25, -0.2) is 9.78 Å². The number of halogens is 1. The minimum absolute atomic E-state index is 0. The molecule has 1 rings (SSSR count). The van der Waals surface area contributed by atoms with E-state index >= 15 is 0 Å². The van der Waals surface area contributed by atoms with Crippen LogP contribution in [-0.2, 0) is 6.61 Å². The number of aliphatic hydroxyl groups is 1. The third-order valence-corrected chi connectivity index (χ3v) is 1.23. The van der Waals surface area contributed by atoms with Crippen LogP contribution in [0.15, 0.2) is 18.3 Å². The molecule has 12 heavy (non-hydrogen) atoms. The molecule has 0 aliphatic carbocycles. The smallest absolute Gasteiger partial charge is 0.354 e. The third-order valence-electron chi connectivity index (χ3n) is 1.23. The molecule has 0 aromatic carbocycles. The quantitative estimate of drug-likeness (QED) is 0.718. The second-order valence-electron chi connectivity index (χ2n) is 2.01. The van der Waals surface area contributed by atoms with Crippen molar-refractivity contribution in [3.8, 4) is 0 Å². The van der Waals surface area contributed by atoms with E-state index in [0.29, 0.717) is 5.56 Å². The summed E-state index contributed by atoms with van der Waals surface area (Å²) in [5.74, 6) is -1.06. The average Bonchev–Trinajstić information content (AvgIpc) is 2.05. The number of rotatable bonds is 2. The number of aromatic nitrogens is 1. The Morgan fingerprint density at radius 3 is 2.50 bits per heavy atom. The van der Waals surface area contributed by atoms with E-state index in [9.17, 15) is 4.79 Å². The van der Waals surface area contributed by atoms with Crippen LogP contribution in [0.4, 0.5) is 0 Å². The maximum atomic E-state index is 10.3. The highest BCUT2D eigenvalue weighted by atomic mass is 35.5. The van der Waals surface area contributed by atoms with Gasteiger partial charge in [0.1, 0.15) is 5.69 Å². The number of carboxylic acid groups (broad SMARTS) is 1. The maximum absolute atomic E-state index is 10.3. The first-order valence-electron chi connectivity index (χ1n) is 3.03. The Hall–Kier alpha value is -1.13. The van der Waals surface area contributed by atoms with E-state index in [-0.39, 0.29) is 24.7 Å². The van der Waals surface area contributed by atoms with Gasteiger partial charge in [0.15, 0.2) is 0 Å². The SMILES string of the molecule is Cl.O=C(O)c1ccc(CO)cn1. The lowest BCUT2D eigenvalue weighted by Gasteiger charge is -1.94. The summed E-state index contributed by atoms with van der Waals surface area (Å²) in [7, 11) is 0. The zero-order valence-electron chi connectivity index (χ0n) is 6.10. The van der Waals surface area contributed by atoms with Crippen molar-refractivity contribution in [2.24, 2.45) is 0 Å². The van der Waals surface area contributed by atoms with Crippen molar-refractivity contribution in [1.82, 2.24) is 4.98 Å². The Morgan fingerprint density at radius 2 is 2.17 bits per heavy atom. The van der Waals surface area contributed by atoms with E-state index in [1.807, 2.05) is 0 Å². The lowest BCUT2D eigenvalue weighted by molar-refractivity contribution is 0.0690. The van der Waals surface area contributed by atoms with Gasteiger partial charge in [0.25, 0.3) is 0 Å². The zero-order valence-corrected chi connectivity index (χ0v) is 6.91. The van der Waals surface area contributed by atoms with Gasteiger partial charge in [-0.3, -0.25) is 0 Å². The molecule has 0 aliphatic rings. The number of aromatic carboxylic acids is 1. The largest absolute Gasteiger partial charge is 0.477 e. The highest BCUT2D eigenvalue weighted by molar-refractivity contribution is 5.85. The molecule has 0 radical (unpaired) electrons. The van der Waals surface area contributed by atoms with Crippen molar-refractivity contribution in [1.29, 1.82) is 0 Å². The molecule has 0 aliphatic heterocycles. The van der Waals surface area contributed by atoms with Crippen molar-refractivity contribution >= 4 is 18.4 Å². The van der Waals surface area contributed by atoms with Gasteiger partial charge in [0.05, 0.1) is 6.61 Å². The summed E-state index contributed by atoms with van der Waals surface area (Å²) in [6, 6.07) is 2.88. The maximum Gasteiger partial charge on any atom is 0.354 e. The molecule has 0 saturated carbocycles. The first-order valence-corrected chi connectivity index (χ1v) is 3.03. The molecule has 1 aromatic rings. The Bertz CT molecular complexity index is 260. The molecule has 0 fully saturated rings. The number of hydrogen-bond donors (Lipinski definition) is 2. The number of nitrogens with zero attached hydrogens (tertiary/aromatic N) is 1. The van der Waals surface area contributed by atoms with E-state index < -0.39 is 5.97 Å². The predicted molar refractivity (Wildman–Crippen MR) is 44.4 cm³/mol. The van der Waals surface area contributed by atoms with Gasteiger partial charge in [0.2, 0.25) is 0 Å². The van der Waals surface area contributed by atoms with Gasteiger partial charge in [-0.05, 0) is 11.6 Å². The lowest BCUT2D eigenvalue weighted by Crippen LogP contribution is -1.99. The molecule has 4 nitrogen and oxygen atoms in total. The molecule has 1 aromatic heterocycles. The molecule has 0 bridgehead atoms. The fourth-order valence-corrected chi connectivity index (χ4v) is 0.645. The van der Waals surface area contributed by atoms with Crippen molar-refractivity contribution < 1.29 is 15.0 Å². The number of carboxylic acids is 1. The molecule has 1 heterocycles. The zero-order chi connectivity index (χ0) is 8.27. The summed E-state index contributed by atoms with van der Waals surface area (Å²) in [5, 5.41) is 17.0. The monoisotopic (exact) mass is 189 g/mol. The standard InChI is InChI=1S/C7H7NO3.ClH/c9-4-5-1-2-6(7(10)11)8-3-5;/h1-3,9H,4H2,(H,10,11);1H. The summed E-state index contributed by atoms with van der Waals surface area (Å²) in [5.41, 5.74) is 0.595. The molecule has 2 N–H and O–H groups in total. The van der Waals surface area contributed by atoms with E-state index in [2.05, 4.69) is 4.98 Å². The molecular weight excluding hydrogens is 182 g/mol. The van der Waals surface area contributed by atoms with Gasteiger partial charge < -0.3 is 10.2 Å². The van der Waals surface area contributed by atoms with Gasteiger partial charge in [-0.2, -0.15) is 0 Å². The van der Waals surface area contributed by atoms with Crippen LogP contribution in [0.1, 0.15) is 16.1 Å². The van der Waals surface area contributed by atoms with Crippen LogP contribution >= 0.6 is 12.4 Å². The first kappa shape index (κ1) is 10.9. The molecule has 0 amide bonds. The summed E-state index contributed by atoms with van der Waals surface area (Å²) in [6.45, 7) is -0.118. The first-order chi connectivity index (χ1) is 5.24. The van der Waals surface area contributed by atoms with Crippen LogP contribution in [0.5, 0.6) is 0 Å². The average molecular weight is 190 g/mol. The number of carbonyl (C=O) groups is 1. The van der Waals surface area contributed by atoms with Crippen LogP contribution in [0, 0.1) is 0 Å². The lowest BCUT2D eigenvalue weighted by atomic mass is 10.2. The topological polar surface area (TPSA) is 70.4 Å². The van der Waals surface area contributed by atoms with Crippen molar-refractivity contribution in [2.75, 3.05) is 0 Å². The van der Waals surface area contributed by atoms with Crippen LogP contribution in [0.3, 0.4) is 0 Å². The molecular formula is C7H8ClNO3. The number of hydrogen-bond acceptors (Lipinski definition) is 3.